The van der Waals surface area contributed by atoms with Crippen LogP contribution in [0.3, 0.4) is 0 Å². The van der Waals surface area contributed by atoms with Crippen LogP contribution in [0.4, 0.5) is 0 Å². The number of Topliss-reactive ketones (excluding diaryl/α,β-unsaturated/α-hetero) is 1. The summed E-state index contributed by atoms with van der Waals surface area (Å²) in [4.78, 5) is 13.4. The summed E-state index contributed by atoms with van der Waals surface area (Å²) in [6, 6.07) is 13.3. The highest BCUT2D eigenvalue weighted by molar-refractivity contribution is 8.18. The van der Waals surface area contributed by atoms with Crippen LogP contribution < -0.4 is 14.2 Å². The molecule has 1 fully saturated rings. The number of rotatable bonds is 7. The second-order valence-corrected chi connectivity index (χ2v) is 8.92. The van der Waals surface area contributed by atoms with E-state index >= 15 is 0 Å². The fourth-order valence-corrected chi connectivity index (χ4v) is 5.69. The lowest BCUT2D eigenvalue weighted by Gasteiger charge is -2.21. The summed E-state index contributed by atoms with van der Waals surface area (Å²) in [6.45, 7) is 0. The molecule has 0 radical (unpaired) electrons. The third kappa shape index (κ3) is 4.86. The molecule has 0 bridgehead atoms. The first-order chi connectivity index (χ1) is 13.7. The maximum Gasteiger partial charge on any atom is 0.186 e. The standard InChI is InChI=1S/C22H24O4S2/c1-24-17-8-5-15(6-9-17)13-18(21(23)22-27-11-4-12-28-22)16-7-10-19(25-2)20(14-16)26-3/h5-10,13-14,22H,4,11-12H2,1-3H3/b18-13+. The van der Waals surface area contributed by atoms with E-state index in [2.05, 4.69) is 0 Å². The van der Waals surface area contributed by atoms with Gasteiger partial charge in [0.25, 0.3) is 0 Å². The van der Waals surface area contributed by atoms with E-state index in [0.29, 0.717) is 17.1 Å². The van der Waals surface area contributed by atoms with Crippen molar-refractivity contribution >= 4 is 41.0 Å². The highest BCUT2D eigenvalue weighted by atomic mass is 32.2. The molecule has 0 atom stereocenters. The van der Waals surface area contributed by atoms with Crippen molar-refractivity contribution in [1.82, 2.24) is 0 Å². The van der Waals surface area contributed by atoms with Crippen LogP contribution in [0.25, 0.3) is 11.6 Å². The number of ketones is 1. The van der Waals surface area contributed by atoms with Crippen LogP contribution >= 0.6 is 23.5 Å². The number of ether oxygens (including phenoxy) is 3. The summed E-state index contributed by atoms with van der Waals surface area (Å²) in [5.41, 5.74) is 2.45. The van der Waals surface area contributed by atoms with Crippen molar-refractivity contribution in [3.05, 3.63) is 53.6 Å². The van der Waals surface area contributed by atoms with Gasteiger partial charge < -0.3 is 14.2 Å². The maximum absolute atomic E-state index is 13.4. The van der Waals surface area contributed by atoms with E-state index in [4.69, 9.17) is 14.2 Å². The first-order valence-corrected chi connectivity index (χ1v) is 11.1. The molecule has 0 spiro atoms. The Morgan fingerprint density at radius 3 is 2.21 bits per heavy atom. The number of allylic oxidation sites excluding steroid dienone is 1. The third-order valence-electron chi connectivity index (χ3n) is 4.43. The van der Waals surface area contributed by atoms with Gasteiger partial charge in [-0.2, -0.15) is 0 Å². The summed E-state index contributed by atoms with van der Waals surface area (Å²) in [7, 11) is 4.84. The molecule has 2 aromatic rings. The van der Waals surface area contributed by atoms with Gasteiger partial charge in [0.05, 0.1) is 21.3 Å². The highest BCUT2D eigenvalue weighted by Gasteiger charge is 2.26. The molecular weight excluding hydrogens is 392 g/mol. The topological polar surface area (TPSA) is 44.8 Å². The largest absolute Gasteiger partial charge is 0.497 e. The number of methoxy groups -OCH3 is 3. The SMILES string of the molecule is COc1ccc(/C=C(/C(=O)C2SCCCS2)c2ccc(OC)c(OC)c2)cc1. The van der Waals surface area contributed by atoms with Crippen molar-refractivity contribution in [3.8, 4) is 17.2 Å². The highest BCUT2D eigenvalue weighted by Crippen LogP contribution is 2.37. The Balaban J connectivity index is 2.02. The molecule has 4 nitrogen and oxygen atoms in total. The Labute approximate surface area is 174 Å². The molecule has 148 valence electrons. The van der Waals surface area contributed by atoms with E-state index in [1.54, 1.807) is 44.9 Å². The quantitative estimate of drug-likeness (QED) is 0.467. The second-order valence-electron chi connectivity index (χ2n) is 6.19. The zero-order valence-electron chi connectivity index (χ0n) is 16.3. The lowest BCUT2D eigenvalue weighted by atomic mass is 9.99. The smallest absolute Gasteiger partial charge is 0.186 e. The minimum atomic E-state index is -0.0775. The van der Waals surface area contributed by atoms with Crippen molar-refractivity contribution in [2.75, 3.05) is 32.8 Å². The number of hydrogen-bond donors (Lipinski definition) is 0. The Bertz CT molecular complexity index is 840. The van der Waals surface area contributed by atoms with Gasteiger partial charge in [0.15, 0.2) is 17.3 Å². The summed E-state index contributed by atoms with van der Waals surface area (Å²) in [6.07, 6.45) is 3.09. The zero-order chi connectivity index (χ0) is 19.9. The molecular formula is C22H24O4S2. The van der Waals surface area contributed by atoms with Gasteiger partial charge in [-0.05, 0) is 59.4 Å². The summed E-state index contributed by atoms with van der Waals surface area (Å²) in [5.74, 6) is 4.21. The number of thioether (sulfide) groups is 2. The van der Waals surface area contributed by atoms with Gasteiger partial charge in [0.2, 0.25) is 0 Å². The van der Waals surface area contributed by atoms with E-state index in [1.165, 1.54) is 0 Å². The molecule has 1 heterocycles. The van der Waals surface area contributed by atoms with Gasteiger partial charge in [0.1, 0.15) is 10.3 Å². The van der Waals surface area contributed by atoms with Crippen LogP contribution in [-0.2, 0) is 4.79 Å². The van der Waals surface area contributed by atoms with Crippen LogP contribution in [0.5, 0.6) is 17.2 Å². The maximum atomic E-state index is 13.4. The molecule has 1 saturated heterocycles. The second kappa shape index (κ2) is 9.94. The lowest BCUT2D eigenvalue weighted by Crippen LogP contribution is -2.19. The van der Waals surface area contributed by atoms with Crippen LogP contribution in [0, 0.1) is 0 Å². The van der Waals surface area contributed by atoms with Crippen LogP contribution in [-0.4, -0.2) is 43.2 Å². The zero-order valence-corrected chi connectivity index (χ0v) is 17.9. The molecule has 6 heteroatoms. The molecule has 3 rings (SSSR count). The minimum absolute atomic E-state index is 0.0775. The van der Waals surface area contributed by atoms with Crippen molar-refractivity contribution in [2.24, 2.45) is 0 Å². The number of carbonyl (C=O) groups excluding carboxylic acids is 1. The average molecular weight is 417 g/mol. The first kappa shape index (κ1) is 20.7. The van der Waals surface area contributed by atoms with Gasteiger partial charge in [-0.3, -0.25) is 4.79 Å². The van der Waals surface area contributed by atoms with Gasteiger partial charge in [-0.1, -0.05) is 18.2 Å². The fraction of sp³-hybridized carbons (Fsp3) is 0.318. The van der Waals surface area contributed by atoms with Gasteiger partial charge in [-0.25, -0.2) is 0 Å². The number of hydrogen-bond acceptors (Lipinski definition) is 6. The molecule has 28 heavy (non-hydrogen) atoms. The molecule has 1 aliphatic rings. The lowest BCUT2D eigenvalue weighted by molar-refractivity contribution is -0.112. The average Bonchev–Trinajstić information content (AvgIpc) is 2.77. The van der Waals surface area contributed by atoms with Crippen LogP contribution in [0.15, 0.2) is 42.5 Å². The number of benzene rings is 2. The predicted molar refractivity (Wildman–Crippen MR) is 119 cm³/mol. The molecule has 1 aliphatic heterocycles. The predicted octanol–water partition coefficient (Wildman–Crippen LogP) is 5.02. The molecule has 2 aromatic carbocycles. The van der Waals surface area contributed by atoms with Crippen molar-refractivity contribution in [2.45, 2.75) is 11.0 Å². The molecule has 0 saturated carbocycles. The van der Waals surface area contributed by atoms with Gasteiger partial charge in [0, 0.05) is 5.57 Å². The molecule has 0 aliphatic carbocycles. The van der Waals surface area contributed by atoms with E-state index in [9.17, 15) is 4.79 Å². The molecule has 0 unspecified atom stereocenters. The van der Waals surface area contributed by atoms with E-state index in [0.717, 1.165) is 34.8 Å². The van der Waals surface area contributed by atoms with E-state index in [-0.39, 0.29) is 10.4 Å². The monoisotopic (exact) mass is 416 g/mol. The summed E-state index contributed by atoms with van der Waals surface area (Å²) < 4.78 is 15.9. The van der Waals surface area contributed by atoms with Crippen molar-refractivity contribution in [1.29, 1.82) is 0 Å². The Morgan fingerprint density at radius 1 is 0.929 bits per heavy atom. The Morgan fingerprint density at radius 2 is 1.61 bits per heavy atom. The third-order valence-corrected chi connectivity index (χ3v) is 7.33. The van der Waals surface area contributed by atoms with E-state index in [1.807, 2.05) is 48.5 Å². The van der Waals surface area contributed by atoms with Crippen LogP contribution in [0.1, 0.15) is 17.5 Å². The normalized spacial score (nSPS) is 15.2. The van der Waals surface area contributed by atoms with Gasteiger partial charge in [-0.15, -0.1) is 23.5 Å². The molecule has 0 amide bonds. The molecule has 0 N–H and O–H groups in total. The van der Waals surface area contributed by atoms with Crippen molar-refractivity contribution in [3.63, 3.8) is 0 Å². The summed E-state index contributed by atoms with van der Waals surface area (Å²) >= 11 is 3.45. The molecule has 0 aromatic heterocycles. The van der Waals surface area contributed by atoms with Crippen LogP contribution in [0.2, 0.25) is 0 Å². The summed E-state index contributed by atoms with van der Waals surface area (Å²) in [5, 5.41) is 0. The van der Waals surface area contributed by atoms with E-state index < -0.39 is 0 Å². The Hall–Kier alpha value is -2.05. The fourth-order valence-electron chi connectivity index (χ4n) is 2.93. The number of carbonyl (C=O) groups is 1. The Kier molecular flexibility index (Phi) is 7.34. The minimum Gasteiger partial charge on any atom is -0.497 e. The van der Waals surface area contributed by atoms with Crippen molar-refractivity contribution < 1.29 is 19.0 Å². The first-order valence-electron chi connectivity index (χ1n) is 9.02. The van der Waals surface area contributed by atoms with Gasteiger partial charge >= 0.3 is 0 Å².